The minimum atomic E-state index is -0.0635. The largest absolute Gasteiger partial charge is 0.494 e. The molecule has 0 aliphatic heterocycles. The molecule has 1 aliphatic carbocycles. The number of esters is 1. The van der Waals surface area contributed by atoms with Crippen LogP contribution in [0.2, 0.25) is 0 Å². The van der Waals surface area contributed by atoms with E-state index < -0.39 is 0 Å². The number of carbonyl (C=O) groups excluding carboxylic acids is 1. The van der Waals surface area contributed by atoms with Gasteiger partial charge in [-0.1, -0.05) is 12.1 Å². The number of carbonyl (C=O) groups is 1. The standard InChI is InChI=1S/C14H18O3/c1-3-16-11-7-5-10(6-8-11)12-9-13(12)14(15)17-4-2/h5-8,12-13H,3-4,9H2,1-2H3. The predicted molar refractivity (Wildman–Crippen MR) is 65.1 cm³/mol. The Kier molecular flexibility index (Phi) is 3.67. The van der Waals surface area contributed by atoms with Crippen molar-refractivity contribution in [3.8, 4) is 5.75 Å². The molecule has 17 heavy (non-hydrogen) atoms. The van der Waals surface area contributed by atoms with E-state index in [4.69, 9.17) is 9.47 Å². The Morgan fingerprint density at radius 2 is 1.94 bits per heavy atom. The molecular weight excluding hydrogens is 216 g/mol. The maximum Gasteiger partial charge on any atom is 0.309 e. The van der Waals surface area contributed by atoms with Gasteiger partial charge in [-0.25, -0.2) is 0 Å². The summed E-state index contributed by atoms with van der Waals surface area (Å²) in [5.41, 5.74) is 1.20. The first-order valence-electron chi connectivity index (χ1n) is 6.15. The summed E-state index contributed by atoms with van der Waals surface area (Å²) in [5.74, 6) is 1.22. The van der Waals surface area contributed by atoms with E-state index in [-0.39, 0.29) is 11.9 Å². The van der Waals surface area contributed by atoms with Gasteiger partial charge in [0.15, 0.2) is 0 Å². The molecule has 0 saturated heterocycles. The fraction of sp³-hybridized carbons (Fsp3) is 0.500. The first-order chi connectivity index (χ1) is 8.26. The van der Waals surface area contributed by atoms with Gasteiger partial charge in [0.1, 0.15) is 5.75 Å². The van der Waals surface area contributed by atoms with Gasteiger partial charge in [-0.05, 0) is 43.9 Å². The van der Waals surface area contributed by atoms with Crippen molar-refractivity contribution >= 4 is 5.97 Å². The fourth-order valence-electron chi connectivity index (χ4n) is 2.05. The van der Waals surface area contributed by atoms with Crippen molar-refractivity contribution < 1.29 is 14.3 Å². The number of rotatable bonds is 5. The molecule has 92 valence electrons. The smallest absolute Gasteiger partial charge is 0.309 e. The maximum absolute atomic E-state index is 11.5. The number of hydrogen-bond donors (Lipinski definition) is 0. The van der Waals surface area contributed by atoms with E-state index in [0.717, 1.165) is 12.2 Å². The highest BCUT2D eigenvalue weighted by molar-refractivity contribution is 5.77. The summed E-state index contributed by atoms with van der Waals surface area (Å²) in [6.45, 7) is 4.94. The van der Waals surface area contributed by atoms with E-state index in [9.17, 15) is 4.79 Å². The average molecular weight is 234 g/mol. The van der Waals surface area contributed by atoms with Gasteiger partial charge >= 0.3 is 5.97 Å². The average Bonchev–Trinajstić information content (AvgIpc) is 3.11. The van der Waals surface area contributed by atoms with Gasteiger partial charge in [-0.3, -0.25) is 4.79 Å². The van der Waals surface area contributed by atoms with Gasteiger partial charge in [0, 0.05) is 0 Å². The van der Waals surface area contributed by atoms with Crippen molar-refractivity contribution in [1.29, 1.82) is 0 Å². The summed E-state index contributed by atoms with van der Waals surface area (Å²) in [5, 5.41) is 0. The molecule has 0 aromatic heterocycles. The minimum absolute atomic E-state index is 0.0629. The maximum atomic E-state index is 11.5. The van der Waals surface area contributed by atoms with Crippen LogP contribution in [-0.2, 0) is 9.53 Å². The monoisotopic (exact) mass is 234 g/mol. The fourth-order valence-corrected chi connectivity index (χ4v) is 2.05. The second-order valence-corrected chi connectivity index (χ2v) is 4.20. The summed E-state index contributed by atoms with van der Waals surface area (Å²) in [6.07, 6.45) is 0.910. The van der Waals surface area contributed by atoms with Crippen LogP contribution in [-0.4, -0.2) is 19.2 Å². The van der Waals surface area contributed by atoms with Crippen LogP contribution in [0.4, 0.5) is 0 Å². The van der Waals surface area contributed by atoms with Crippen molar-refractivity contribution in [2.75, 3.05) is 13.2 Å². The van der Waals surface area contributed by atoms with E-state index in [1.165, 1.54) is 5.56 Å². The Bertz CT molecular complexity index is 383. The van der Waals surface area contributed by atoms with Crippen LogP contribution in [0.25, 0.3) is 0 Å². The lowest BCUT2D eigenvalue weighted by atomic mass is 10.1. The third-order valence-corrected chi connectivity index (χ3v) is 3.00. The van der Waals surface area contributed by atoms with Crippen LogP contribution in [0, 0.1) is 5.92 Å². The first-order valence-corrected chi connectivity index (χ1v) is 6.15. The lowest BCUT2D eigenvalue weighted by molar-refractivity contribution is -0.144. The molecular formula is C14H18O3. The molecule has 0 radical (unpaired) electrons. The minimum Gasteiger partial charge on any atom is -0.494 e. The van der Waals surface area contributed by atoms with E-state index in [1.807, 2.05) is 38.1 Å². The second kappa shape index (κ2) is 5.21. The Labute approximate surface area is 102 Å². The Hall–Kier alpha value is -1.51. The van der Waals surface area contributed by atoms with Crippen LogP contribution < -0.4 is 4.74 Å². The summed E-state index contributed by atoms with van der Waals surface area (Å²) in [4.78, 5) is 11.5. The summed E-state index contributed by atoms with van der Waals surface area (Å²) >= 11 is 0. The lowest BCUT2D eigenvalue weighted by Gasteiger charge is -2.04. The number of ether oxygens (including phenoxy) is 2. The van der Waals surface area contributed by atoms with Gasteiger partial charge in [0.25, 0.3) is 0 Å². The van der Waals surface area contributed by atoms with Gasteiger partial charge in [0.2, 0.25) is 0 Å². The molecule has 1 aromatic rings. The third-order valence-electron chi connectivity index (χ3n) is 3.00. The summed E-state index contributed by atoms with van der Waals surface area (Å²) < 4.78 is 10.4. The van der Waals surface area contributed by atoms with Crippen LogP contribution in [0.5, 0.6) is 5.75 Å². The van der Waals surface area contributed by atoms with Crippen molar-refractivity contribution in [1.82, 2.24) is 0 Å². The summed E-state index contributed by atoms with van der Waals surface area (Å²) in [6, 6.07) is 7.99. The zero-order chi connectivity index (χ0) is 12.3. The quantitative estimate of drug-likeness (QED) is 0.735. The van der Waals surface area contributed by atoms with Crippen molar-refractivity contribution in [2.24, 2.45) is 5.92 Å². The summed E-state index contributed by atoms with van der Waals surface area (Å²) in [7, 11) is 0. The first kappa shape index (κ1) is 12.0. The van der Waals surface area contributed by atoms with Crippen molar-refractivity contribution in [3.05, 3.63) is 29.8 Å². The molecule has 0 heterocycles. The molecule has 0 N–H and O–H groups in total. The molecule has 2 atom stereocenters. The SMILES string of the molecule is CCOC(=O)C1CC1c1ccc(OCC)cc1. The molecule has 1 aliphatic rings. The normalized spacial score (nSPS) is 22.0. The van der Waals surface area contributed by atoms with Crippen LogP contribution in [0.3, 0.4) is 0 Å². The molecule has 3 heteroatoms. The van der Waals surface area contributed by atoms with Gasteiger partial charge in [-0.15, -0.1) is 0 Å². The molecule has 1 saturated carbocycles. The van der Waals surface area contributed by atoms with E-state index in [0.29, 0.717) is 19.1 Å². The highest BCUT2D eigenvalue weighted by atomic mass is 16.5. The second-order valence-electron chi connectivity index (χ2n) is 4.20. The molecule has 2 unspecified atom stereocenters. The Morgan fingerprint density at radius 3 is 2.53 bits per heavy atom. The highest BCUT2D eigenvalue weighted by Gasteiger charge is 2.44. The zero-order valence-electron chi connectivity index (χ0n) is 10.3. The van der Waals surface area contributed by atoms with Crippen LogP contribution in [0.15, 0.2) is 24.3 Å². The molecule has 3 nitrogen and oxygen atoms in total. The lowest BCUT2D eigenvalue weighted by Crippen LogP contribution is -2.07. The van der Waals surface area contributed by atoms with Gasteiger partial charge in [-0.2, -0.15) is 0 Å². The van der Waals surface area contributed by atoms with E-state index in [1.54, 1.807) is 0 Å². The topological polar surface area (TPSA) is 35.5 Å². The third kappa shape index (κ3) is 2.78. The van der Waals surface area contributed by atoms with Crippen molar-refractivity contribution in [3.63, 3.8) is 0 Å². The van der Waals surface area contributed by atoms with Crippen LogP contribution in [0.1, 0.15) is 31.7 Å². The molecule has 0 amide bonds. The zero-order valence-corrected chi connectivity index (χ0v) is 10.3. The molecule has 0 bridgehead atoms. The molecule has 1 aromatic carbocycles. The van der Waals surface area contributed by atoms with Crippen LogP contribution >= 0.6 is 0 Å². The Balaban J connectivity index is 1.94. The molecule has 2 rings (SSSR count). The van der Waals surface area contributed by atoms with Gasteiger partial charge in [0.05, 0.1) is 19.1 Å². The molecule has 0 spiro atoms. The number of hydrogen-bond acceptors (Lipinski definition) is 3. The van der Waals surface area contributed by atoms with Crippen molar-refractivity contribution in [2.45, 2.75) is 26.2 Å². The predicted octanol–water partition coefficient (Wildman–Crippen LogP) is 2.75. The molecule has 1 fully saturated rings. The van der Waals surface area contributed by atoms with Gasteiger partial charge < -0.3 is 9.47 Å². The Morgan fingerprint density at radius 1 is 1.24 bits per heavy atom. The van der Waals surface area contributed by atoms with E-state index >= 15 is 0 Å². The van der Waals surface area contributed by atoms with E-state index in [2.05, 4.69) is 0 Å². The highest BCUT2D eigenvalue weighted by Crippen LogP contribution is 2.48. The number of benzene rings is 1.